The monoisotopic (exact) mass is 242 g/mol. The molecule has 1 aliphatic carbocycles. The number of anilines is 1. The molecule has 1 fully saturated rings. The van der Waals surface area contributed by atoms with Crippen LogP contribution >= 0.6 is 0 Å². The van der Waals surface area contributed by atoms with Crippen molar-refractivity contribution >= 4 is 16.6 Å². The van der Waals surface area contributed by atoms with Gasteiger partial charge in [-0.05, 0) is 30.9 Å². The van der Waals surface area contributed by atoms with Crippen LogP contribution in [0.1, 0.15) is 18.9 Å². The molecular weight excluding hydrogens is 224 g/mol. The van der Waals surface area contributed by atoms with Crippen molar-refractivity contribution in [1.82, 2.24) is 4.98 Å². The number of fused-ring (bicyclic) bond motifs is 1. The van der Waals surface area contributed by atoms with Crippen molar-refractivity contribution in [2.75, 3.05) is 12.4 Å². The Morgan fingerprint density at radius 1 is 1.39 bits per heavy atom. The van der Waals surface area contributed by atoms with E-state index in [0.29, 0.717) is 6.04 Å². The largest absolute Gasteiger partial charge is 0.494 e. The first-order chi connectivity index (χ1) is 8.70. The lowest BCUT2D eigenvalue weighted by molar-refractivity contribution is 0.419. The highest BCUT2D eigenvalue weighted by Gasteiger charge is 2.33. The maximum Gasteiger partial charge on any atom is 0.145 e. The molecule has 0 saturated heterocycles. The minimum Gasteiger partial charge on any atom is -0.494 e. The molecule has 1 aromatic carbocycles. The fourth-order valence-corrected chi connectivity index (χ4v) is 2.36. The summed E-state index contributed by atoms with van der Waals surface area (Å²) in [5.41, 5.74) is 3.32. The summed E-state index contributed by atoms with van der Waals surface area (Å²) in [6.45, 7) is 4.37. The Morgan fingerprint density at radius 3 is 2.83 bits per heavy atom. The average Bonchev–Trinajstić information content (AvgIpc) is 3.08. The summed E-state index contributed by atoms with van der Waals surface area (Å²) in [7, 11) is 1.69. The first-order valence-corrected chi connectivity index (χ1v) is 6.39. The molecule has 1 heterocycles. The molecule has 2 atom stereocenters. The number of hydrogen-bond acceptors (Lipinski definition) is 3. The standard InChI is InChI=1S/C15H18N2O/c1-9-7-12(9)17-14-10(2)8-16-15-11(14)5-4-6-13(15)18-3/h4-6,8-9,12H,7H2,1-3H3,(H,16,17). The Bertz CT molecular complexity index is 594. The molecule has 0 amide bonds. The highest BCUT2D eigenvalue weighted by molar-refractivity contribution is 5.96. The van der Waals surface area contributed by atoms with Gasteiger partial charge >= 0.3 is 0 Å². The maximum absolute atomic E-state index is 5.37. The molecule has 1 aromatic heterocycles. The third kappa shape index (κ3) is 1.80. The lowest BCUT2D eigenvalue weighted by atomic mass is 10.1. The molecule has 3 nitrogen and oxygen atoms in total. The Labute approximate surface area is 107 Å². The van der Waals surface area contributed by atoms with Crippen molar-refractivity contribution in [2.45, 2.75) is 26.3 Å². The minimum absolute atomic E-state index is 0.612. The topological polar surface area (TPSA) is 34.1 Å². The van der Waals surface area contributed by atoms with Gasteiger partial charge in [-0.1, -0.05) is 19.1 Å². The molecule has 0 aliphatic heterocycles. The quantitative estimate of drug-likeness (QED) is 0.896. The van der Waals surface area contributed by atoms with Gasteiger partial charge in [-0.2, -0.15) is 0 Å². The first kappa shape index (κ1) is 11.3. The van der Waals surface area contributed by atoms with Crippen molar-refractivity contribution in [3.05, 3.63) is 30.0 Å². The Balaban J connectivity index is 2.13. The number of nitrogens with one attached hydrogen (secondary N) is 1. The third-order valence-corrected chi connectivity index (χ3v) is 3.71. The number of aryl methyl sites for hydroxylation is 1. The van der Waals surface area contributed by atoms with E-state index in [2.05, 4.69) is 30.2 Å². The fourth-order valence-electron chi connectivity index (χ4n) is 2.36. The number of rotatable bonds is 3. The van der Waals surface area contributed by atoms with Crippen molar-refractivity contribution in [1.29, 1.82) is 0 Å². The SMILES string of the molecule is COc1cccc2c(NC3CC3C)c(C)cnc12. The number of pyridine rings is 1. The number of nitrogens with zero attached hydrogens (tertiary/aromatic N) is 1. The molecule has 1 aliphatic rings. The van der Waals surface area contributed by atoms with Gasteiger partial charge in [-0.15, -0.1) is 0 Å². The van der Waals surface area contributed by atoms with Crippen LogP contribution in [0, 0.1) is 12.8 Å². The van der Waals surface area contributed by atoms with E-state index in [0.717, 1.165) is 22.6 Å². The Hall–Kier alpha value is -1.77. The van der Waals surface area contributed by atoms with E-state index >= 15 is 0 Å². The van der Waals surface area contributed by atoms with Gasteiger partial charge in [-0.25, -0.2) is 0 Å². The van der Waals surface area contributed by atoms with Crippen LogP contribution in [0.4, 0.5) is 5.69 Å². The van der Waals surface area contributed by atoms with E-state index in [1.54, 1.807) is 7.11 Å². The van der Waals surface area contributed by atoms with Crippen molar-refractivity contribution in [3.8, 4) is 5.75 Å². The van der Waals surface area contributed by atoms with Gasteiger partial charge in [0.1, 0.15) is 11.3 Å². The molecule has 1 N–H and O–H groups in total. The summed E-state index contributed by atoms with van der Waals surface area (Å²) in [6, 6.07) is 6.69. The predicted molar refractivity (Wildman–Crippen MR) is 74.2 cm³/mol. The number of benzene rings is 1. The molecule has 0 bridgehead atoms. The fraction of sp³-hybridized carbons (Fsp3) is 0.400. The molecule has 18 heavy (non-hydrogen) atoms. The van der Waals surface area contributed by atoms with E-state index in [1.807, 2.05) is 18.3 Å². The predicted octanol–water partition coefficient (Wildman–Crippen LogP) is 3.37. The van der Waals surface area contributed by atoms with Gasteiger partial charge in [0.15, 0.2) is 0 Å². The highest BCUT2D eigenvalue weighted by Crippen LogP contribution is 2.37. The summed E-state index contributed by atoms with van der Waals surface area (Å²) in [6.07, 6.45) is 3.17. The molecule has 2 aromatic rings. The van der Waals surface area contributed by atoms with Gasteiger partial charge < -0.3 is 10.1 Å². The molecule has 3 heteroatoms. The molecule has 2 unspecified atom stereocenters. The van der Waals surface area contributed by atoms with Crippen LogP contribution in [0.15, 0.2) is 24.4 Å². The molecule has 94 valence electrons. The van der Waals surface area contributed by atoms with Crippen molar-refractivity contribution in [3.63, 3.8) is 0 Å². The van der Waals surface area contributed by atoms with Gasteiger partial charge in [0.05, 0.1) is 7.11 Å². The van der Waals surface area contributed by atoms with E-state index in [9.17, 15) is 0 Å². The van der Waals surface area contributed by atoms with Crippen LogP contribution in [0.2, 0.25) is 0 Å². The van der Waals surface area contributed by atoms with Crippen LogP contribution in [0.5, 0.6) is 5.75 Å². The van der Waals surface area contributed by atoms with E-state index < -0.39 is 0 Å². The molecular formula is C15H18N2O. The number of methoxy groups -OCH3 is 1. The zero-order valence-electron chi connectivity index (χ0n) is 11.0. The zero-order valence-corrected chi connectivity index (χ0v) is 11.0. The molecule has 3 rings (SSSR count). The van der Waals surface area contributed by atoms with Crippen molar-refractivity contribution < 1.29 is 4.74 Å². The number of para-hydroxylation sites is 1. The van der Waals surface area contributed by atoms with Gasteiger partial charge in [0.2, 0.25) is 0 Å². The molecule has 0 radical (unpaired) electrons. The summed E-state index contributed by atoms with van der Waals surface area (Å²) < 4.78 is 5.37. The van der Waals surface area contributed by atoms with Gasteiger partial charge in [0.25, 0.3) is 0 Å². The zero-order chi connectivity index (χ0) is 12.7. The molecule has 0 spiro atoms. The van der Waals surface area contributed by atoms with Crippen LogP contribution < -0.4 is 10.1 Å². The smallest absolute Gasteiger partial charge is 0.145 e. The second kappa shape index (κ2) is 4.16. The number of aromatic nitrogens is 1. The highest BCUT2D eigenvalue weighted by atomic mass is 16.5. The lowest BCUT2D eigenvalue weighted by Gasteiger charge is -2.13. The number of hydrogen-bond donors (Lipinski definition) is 1. The first-order valence-electron chi connectivity index (χ1n) is 6.39. The van der Waals surface area contributed by atoms with Crippen LogP contribution in [0.3, 0.4) is 0 Å². The maximum atomic E-state index is 5.37. The normalized spacial score (nSPS) is 21.9. The summed E-state index contributed by atoms with van der Waals surface area (Å²) in [5.74, 6) is 1.61. The second-order valence-electron chi connectivity index (χ2n) is 5.14. The van der Waals surface area contributed by atoms with E-state index in [1.165, 1.54) is 17.7 Å². The average molecular weight is 242 g/mol. The van der Waals surface area contributed by atoms with Crippen LogP contribution in [0.25, 0.3) is 10.9 Å². The molecule has 1 saturated carbocycles. The van der Waals surface area contributed by atoms with Crippen LogP contribution in [-0.2, 0) is 0 Å². The summed E-state index contributed by atoms with van der Waals surface area (Å²) in [4.78, 5) is 4.49. The van der Waals surface area contributed by atoms with E-state index in [-0.39, 0.29) is 0 Å². The summed E-state index contributed by atoms with van der Waals surface area (Å²) in [5, 5.41) is 4.78. The van der Waals surface area contributed by atoms with E-state index in [4.69, 9.17) is 4.74 Å². The number of ether oxygens (including phenoxy) is 1. The van der Waals surface area contributed by atoms with Gasteiger partial charge in [-0.3, -0.25) is 4.98 Å². The van der Waals surface area contributed by atoms with Crippen LogP contribution in [-0.4, -0.2) is 18.1 Å². The second-order valence-corrected chi connectivity index (χ2v) is 5.14. The lowest BCUT2D eigenvalue weighted by Crippen LogP contribution is -2.06. The van der Waals surface area contributed by atoms with Gasteiger partial charge in [0, 0.05) is 23.3 Å². The Morgan fingerprint density at radius 2 is 2.17 bits per heavy atom. The third-order valence-electron chi connectivity index (χ3n) is 3.71. The summed E-state index contributed by atoms with van der Waals surface area (Å²) >= 11 is 0. The van der Waals surface area contributed by atoms with Crippen molar-refractivity contribution in [2.24, 2.45) is 5.92 Å². The minimum atomic E-state index is 0.612. The Kier molecular flexibility index (Phi) is 2.62.